The SMILES string of the molecule is NCCCP(=O)(O)C(O)c1ccc(OCC(=O)O)c(OC(F)(F)F)c1.O=C=O. The average Bonchev–Trinajstić information content (AvgIpc) is 2.57. The normalized spacial score (nSPS) is 13.9. The van der Waals surface area contributed by atoms with Crippen molar-refractivity contribution in [2.24, 2.45) is 5.73 Å². The number of carboxylic acid groups (broad SMARTS) is 1. The molecule has 28 heavy (non-hydrogen) atoms. The van der Waals surface area contributed by atoms with Gasteiger partial charge in [-0.2, -0.15) is 9.59 Å². The van der Waals surface area contributed by atoms with Gasteiger partial charge in [0.1, 0.15) is 0 Å². The molecule has 0 spiro atoms. The van der Waals surface area contributed by atoms with Crippen molar-refractivity contribution in [2.75, 3.05) is 19.3 Å². The summed E-state index contributed by atoms with van der Waals surface area (Å²) in [6, 6.07) is 2.61. The minimum Gasteiger partial charge on any atom is -0.479 e. The summed E-state index contributed by atoms with van der Waals surface area (Å²) in [4.78, 5) is 36.5. The number of halogens is 3. The number of aliphatic carboxylic acids is 1. The Kier molecular flexibility index (Phi) is 10.4. The van der Waals surface area contributed by atoms with Crippen molar-refractivity contribution in [3.63, 3.8) is 0 Å². The van der Waals surface area contributed by atoms with Crippen molar-refractivity contribution in [1.82, 2.24) is 0 Å². The molecular weight excluding hydrogens is 414 g/mol. The zero-order valence-corrected chi connectivity index (χ0v) is 15.0. The van der Waals surface area contributed by atoms with Gasteiger partial charge in [-0.05, 0) is 30.7 Å². The molecule has 0 aliphatic carbocycles. The van der Waals surface area contributed by atoms with Crippen LogP contribution in [0.25, 0.3) is 0 Å². The molecule has 0 amide bonds. The first-order valence-corrected chi connectivity index (χ1v) is 9.22. The number of benzene rings is 1. The summed E-state index contributed by atoms with van der Waals surface area (Å²) in [5.74, 6) is -4.87. The lowest BCUT2D eigenvalue weighted by atomic mass is 10.2. The van der Waals surface area contributed by atoms with E-state index in [9.17, 15) is 32.5 Å². The number of hydrogen-bond donors (Lipinski definition) is 4. The quantitative estimate of drug-likeness (QED) is 0.414. The predicted molar refractivity (Wildman–Crippen MR) is 84.6 cm³/mol. The first-order valence-electron chi connectivity index (χ1n) is 7.31. The van der Waals surface area contributed by atoms with Gasteiger partial charge in [-0.3, -0.25) is 4.57 Å². The highest BCUT2D eigenvalue weighted by Gasteiger charge is 2.35. The van der Waals surface area contributed by atoms with Gasteiger partial charge in [0.2, 0.25) is 7.37 Å². The summed E-state index contributed by atoms with van der Waals surface area (Å²) < 4.78 is 57.9. The molecule has 1 aromatic carbocycles. The van der Waals surface area contributed by atoms with E-state index in [1.54, 1.807) is 0 Å². The van der Waals surface area contributed by atoms with E-state index in [4.69, 9.17) is 20.4 Å². The largest absolute Gasteiger partial charge is 0.573 e. The molecule has 1 rings (SSSR count). The summed E-state index contributed by atoms with van der Waals surface area (Å²) in [6.07, 6.45) is -5.05. The van der Waals surface area contributed by atoms with E-state index in [0.29, 0.717) is 6.07 Å². The summed E-state index contributed by atoms with van der Waals surface area (Å²) >= 11 is 0. The van der Waals surface area contributed by atoms with Gasteiger partial charge in [-0.1, -0.05) is 6.07 Å². The second-order valence-corrected chi connectivity index (χ2v) is 7.46. The topological polar surface area (TPSA) is 173 Å². The summed E-state index contributed by atoms with van der Waals surface area (Å²) in [6.45, 7) is -0.827. The highest BCUT2D eigenvalue weighted by molar-refractivity contribution is 7.58. The zero-order chi connectivity index (χ0) is 22.0. The van der Waals surface area contributed by atoms with Crippen LogP contribution in [0.4, 0.5) is 13.2 Å². The second kappa shape index (κ2) is 11.4. The maximum atomic E-state index is 12.5. The first kappa shape index (κ1) is 25.6. The van der Waals surface area contributed by atoms with Crippen molar-refractivity contribution in [2.45, 2.75) is 18.6 Å². The van der Waals surface area contributed by atoms with Crippen LogP contribution in [0.3, 0.4) is 0 Å². The van der Waals surface area contributed by atoms with Crippen molar-refractivity contribution in [1.29, 1.82) is 0 Å². The fraction of sp³-hybridized carbons (Fsp3) is 0.429. The molecule has 2 unspecified atom stereocenters. The van der Waals surface area contributed by atoms with Crippen molar-refractivity contribution >= 4 is 19.5 Å². The minimum atomic E-state index is -5.12. The lowest BCUT2D eigenvalue weighted by Crippen LogP contribution is -2.19. The van der Waals surface area contributed by atoms with Gasteiger partial charge in [0.25, 0.3) is 0 Å². The molecule has 0 saturated heterocycles. The minimum absolute atomic E-state index is 0.0989. The molecule has 14 heteroatoms. The van der Waals surface area contributed by atoms with Crippen LogP contribution >= 0.6 is 7.37 Å². The lowest BCUT2D eigenvalue weighted by Gasteiger charge is -2.20. The third-order valence-electron chi connectivity index (χ3n) is 2.91. The molecule has 0 aliphatic rings. The highest BCUT2D eigenvalue weighted by Crippen LogP contribution is 2.55. The monoisotopic (exact) mass is 431 g/mol. The Hall–Kier alpha value is -2.43. The highest BCUT2D eigenvalue weighted by atomic mass is 31.2. The van der Waals surface area contributed by atoms with Crippen LogP contribution in [-0.4, -0.2) is 52.9 Å². The number of carboxylic acids is 1. The molecule has 10 nitrogen and oxygen atoms in total. The molecule has 0 aliphatic heterocycles. The molecular formula is C14H17F3NO9P. The van der Waals surface area contributed by atoms with Gasteiger partial charge >= 0.3 is 18.5 Å². The van der Waals surface area contributed by atoms with Gasteiger partial charge in [-0.25, -0.2) is 4.79 Å². The molecule has 5 N–H and O–H groups in total. The van der Waals surface area contributed by atoms with Crippen LogP contribution in [0.1, 0.15) is 17.8 Å². The van der Waals surface area contributed by atoms with Crippen LogP contribution in [0.2, 0.25) is 0 Å². The molecule has 0 fully saturated rings. The Labute approximate surface area is 156 Å². The Morgan fingerprint density at radius 3 is 2.32 bits per heavy atom. The number of alkyl halides is 3. The molecule has 158 valence electrons. The summed E-state index contributed by atoms with van der Waals surface area (Å²) in [5.41, 5.74) is 4.91. The number of carbonyl (C=O) groups excluding carboxylic acids is 2. The van der Waals surface area contributed by atoms with E-state index in [0.717, 1.165) is 12.1 Å². The summed E-state index contributed by atoms with van der Waals surface area (Å²) in [5, 5.41) is 18.5. The van der Waals surface area contributed by atoms with E-state index in [1.165, 1.54) is 0 Å². The van der Waals surface area contributed by atoms with Gasteiger partial charge in [0.15, 0.2) is 24.0 Å². The summed E-state index contributed by atoms with van der Waals surface area (Å²) in [7, 11) is -4.14. The van der Waals surface area contributed by atoms with Gasteiger partial charge in [0.05, 0.1) is 0 Å². The number of aliphatic hydroxyl groups is 1. The molecule has 0 aromatic heterocycles. The third kappa shape index (κ3) is 9.49. The number of aliphatic hydroxyl groups excluding tert-OH is 1. The van der Waals surface area contributed by atoms with Gasteiger partial charge in [-0.15, -0.1) is 13.2 Å². The lowest BCUT2D eigenvalue weighted by molar-refractivity contribution is -0.275. The number of ether oxygens (including phenoxy) is 2. The van der Waals surface area contributed by atoms with E-state index < -0.39 is 43.7 Å². The molecule has 0 saturated carbocycles. The Morgan fingerprint density at radius 2 is 1.86 bits per heavy atom. The van der Waals surface area contributed by atoms with Crippen LogP contribution < -0.4 is 15.2 Å². The molecule has 2 atom stereocenters. The Balaban J connectivity index is 0.00000227. The van der Waals surface area contributed by atoms with Gasteiger partial charge < -0.3 is 30.3 Å². The predicted octanol–water partition coefficient (Wildman–Crippen LogP) is 1.08. The van der Waals surface area contributed by atoms with Crippen molar-refractivity contribution in [3.8, 4) is 11.5 Å². The van der Waals surface area contributed by atoms with Crippen molar-refractivity contribution < 1.29 is 56.7 Å². The van der Waals surface area contributed by atoms with E-state index in [-0.39, 0.29) is 30.8 Å². The van der Waals surface area contributed by atoms with Crippen LogP contribution in [0.15, 0.2) is 18.2 Å². The molecule has 0 radical (unpaired) electrons. The third-order valence-corrected chi connectivity index (χ3v) is 4.93. The average molecular weight is 431 g/mol. The number of rotatable bonds is 9. The number of carbonyl (C=O) groups is 1. The van der Waals surface area contributed by atoms with E-state index in [2.05, 4.69) is 9.47 Å². The molecule has 0 heterocycles. The standard InChI is InChI=1S/C13H17F3NO7P.CO2/c14-13(15,16)24-10-6-8(2-3-9(10)23-7-11(18)19)12(20)25(21,22)5-1-4-17;2-1-3/h2-3,6,12,20H,1,4-5,7,17H2,(H,18,19)(H,21,22);. The van der Waals surface area contributed by atoms with Crippen LogP contribution in [0.5, 0.6) is 11.5 Å². The second-order valence-electron chi connectivity index (χ2n) is 5.01. The van der Waals surface area contributed by atoms with E-state index >= 15 is 0 Å². The van der Waals surface area contributed by atoms with Crippen molar-refractivity contribution in [3.05, 3.63) is 23.8 Å². The Bertz CT molecular complexity index is 735. The van der Waals surface area contributed by atoms with Gasteiger partial charge in [0, 0.05) is 6.16 Å². The van der Waals surface area contributed by atoms with Crippen LogP contribution in [0, 0.1) is 0 Å². The maximum Gasteiger partial charge on any atom is 0.573 e. The molecule has 1 aromatic rings. The zero-order valence-electron chi connectivity index (χ0n) is 14.1. The smallest absolute Gasteiger partial charge is 0.479 e. The van der Waals surface area contributed by atoms with Crippen LogP contribution in [-0.2, 0) is 18.9 Å². The number of hydrogen-bond acceptors (Lipinski definition) is 8. The Morgan fingerprint density at radius 1 is 1.29 bits per heavy atom. The fourth-order valence-electron chi connectivity index (χ4n) is 1.82. The first-order chi connectivity index (χ1) is 12.9. The van der Waals surface area contributed by atoms with E-state index in [1.807, 2.05) is 0 Å². The molecule has 0 bridgehead atoms. The number of nitrogens with two attached hydrogens (primary N) is 1. The fourth-order valence-corrected chi connectivity index (χ4v) is 3.33. The maximum absolute atomic E-state index is 12.5.